The highest BCUT2D eigenvalue weighted by Gasteiger charge is 2.06. The van der Waals surface area contributed by atoms with Crippen LogP contribution >= 0.6 is 0 Å². The molecule has 0 bridgehead atoms. The minimum absolute atomic E-state index is 0.0318. The Bertz CT molecular complexity index is 493. The molecule has 0 aliphatic heterocycles. The fraction of sp³-hybridized carbons (Fsp3) is 0.286. The normalized spacial score (nSPS) is 12.6. The molecule has 0 spiro atoms. The third-order valence-corrected chi connectivity index (χ3v) is 2.69. The molecule has 96 valence electrons. The first-order valence-electron chi connectivity index (χ1n) is 5.88. The SMILES string of the molecule is C[C@H](CO)NCc1ccc(-c2ccc(F)cc2)o1. The molecule has 1 aromatic heterocycles. The van der Waals surface area contributed by atoms with Crippen LogP contribution in [0.25, 0.3) is 11.3 Å². The minimum atomic E-state index is -0.260. The largest absolute Gasteiger partial charge is 0.460 e. The van der Waals surface area contributed by atoms with E-state index in [4.69, 9.17) is 9.52 Å². The summed E-state index contributed by atoms with van der Waals surface area (Å²) < 4.78 is 18.4. The zero-order chi connectivity index (χ0) is 13.0. The van der Waals surface area contributed by atoms with Gasteiger partial charge in [-0.2, -0.15) is 0 Å². The number of nitrogens with one attached hydrogen (secondary N) is 1. The van der Waals surface area contributed by atoms with Gasteiger partial charge in [0.25, 0.3) is 0 Å². The molecule has 0 saturated carbocycles. The lowest BCUT2D eigenvalue weighted by Crippen LogP contribution is -2.28. The van der Waals surface area contributed by atoms with E-state index in [0.29, 0.717) is 12.3 Å². The molecular weight excluding hydrogens is 233 g/mol. The van der Waals surface area contributed by atoms with Crippen LogP contribution in [-0.4, -0.2) is 17.8 Å². The summed E-state index contributed by atoms with van der Waals surface area (Å²) in [5.74, 6) is 1.24. The van der Waals surface area contributed by atoms with Crippen molar-refractivity contribution in [2.75, 3.05) is 6.61 Å². The standard InChI is InChI=1S/C14H16FNO2/c1-10(9-17)16-8-13-6-7-14(18-13)11-2-4-12(15)5-3-11/h2-7,10,16-17H,8-9H2,1H3/t10-/m1/s1. The number of aliphatic hydroxyl groups is 1. The number of hydrogen-bond acceptors (Lipinski definition) is 3. The number of benzene rings is 1. The van der Waals surface area contributed by atoms with Crippen LogP contribution in [0, 0.1) is 5.82 Å². The van der Waals surface area contributed by atoms with Crippen molar-refractivity contribution in [3.63, 3.8) is 0 Å². The van der Waals surface area contributed by atoms with Gasteiger partial charge in [-0.25, -0.2) is 4.39 Å². The summed E-state index contributed by atoms with van der Waals surface area (Å²) in [4.78, 5) is 0. The zero-order valence-electron chi connectivity index (χ0n) is 10.2. The monoisotopic (exact) mass is 249 g/mol. The van der Waals surface area contributed by atoms with Gasteiger partial charge in [-0.3, -0.25) is 0 Å². The molecule has 2 aromatic rings. The van der Waals surface area contributed by atoms with E-state index in [-0.39, 0.29) is 18.5 Å². The van der Waals surface area contributed by atoms with Crippen molar-refractivity contribution < 1.29 is 13.9 Å². The van der Waals surface area contributed by atoms with Crippen LogP contribution in [-0.2, 0) is 6.54 Å². The Balaban J connectivity index is 2.03. The molecular formula is C14H16FNO2. The average Bonchev–Trinajstić information content (AvgIpc) is 2.85. The molecule has 1 aromatic carbocycles. The van der Waals surface area contributed by atoms with E-state index >= 15 is 0 Å². The second-order valence-electron chi connectivity index (χ2n) is 4.24. The summed E-state index contributed by atoms with van der Waals surface area (Å²) in [6.45, 7) is 2.54. The predicted molar refractivity (Wildman–Crippen MR) is 67.5 cm³/mol. The Labute approximate surface area is 105 Å². The molecule has 0 saturated heterocycles. The number of hydrogen-bond donors (Lipinski definition) is 2. The van der Waals surface area contributed by atoms with Gasteiger partial charge in [0.05, 0.1) is 13.2 Å². The highest BCUT2D eigenvalue weighted by molar-refractivity contribution is 5.57. The van der Waals surface area contributed by atoms with Gasteiger partial charge in [0.2, 0.25) is 0 Å². The molecule has 1 heterocycles. The van der Waals surface area contributed by atoms with E-state index in [1.165, 1.54) is 12.1 Å². The van der Waals surface area contributed by atoms with Crippen LogP contribution in [0.15, 0.2) is 40.8 Å². The van der Waals surface area contributed by atoms with Crippen molar-refractivity contribution in [2.24, 2.45) is 0 Å². The molecule has 4 heteroatoms. The lowest BCUT2D eigenvalue weighted by Gasteiger charge is -2.08. The van der Waals surface area contributed by atoms with Gasteiger partial charge in [-0.05, 0) is 43.3 Å². The summed E-state index contributed by atoms with van der Waals surface area (Å²) >= 11 is 0. The molecule has 0 fully saturated rings. The van der Waals surface area contributed by atoms with E-state index < -0.39 is 0 Å². The predicted octanol–water partition coefficient (Wildman–Crippen LogP) is 2.56. The van der Waals surface area contributed by atoms with Crippen molar-refractivity contribution in [3.8, 4) is 11.3 Å². The molecule has 1 atom stereocenters. The average molecular weight is 249 g/mol. The maximum atomic E-state index is 12.8. The Kier molecular flexibility index (Phi) is 4.12. The molecule has 0 unspecified atom stereocenters. The van der Waals surface area contributed by atoms with Crippen LogP contribution in [0.3, 0.4) is 0 Å². The van der Waals surface area contributed by atoms with Crippen LogP contribution in [0.5, 0.6) is 0 Å². The van der Waals surface area contributed by atoms with Crippen molar-refractivity contribution >= 4 is 0 Å². The smallest absolute Gasteiger partial charge is 0.134 e. The Morgan fingerprint density at radius 3 is 2.61 bits per heavy atom. The van der Waals surface area contributed by atoms with E-state index in [1.807, 2.05) is 19.1 Å². The fourth-order valence-corrected chi connectivity index (χ4v) is 1.58. The number of aliphatic hydroxyl groups excluding tert-OH is 1. The van der Waals surface area contributed by atoms with Crippen molar-refractivity contribution in [2.45, 2.75) is 19.5 Å². The molecule has 3 nitrogen and oxygen atoms in total. The fourth-order valence-electron chi connectivity index (χ4n) is 1.58. The molecule has 0 aliphatic carbocycles. The van der Waals surface area contributed by atoms with Crippen molar-refractivity contribution in [1.29, 1.82) is 0 Å². The third-order valence-electron chi connectivity index (χ3n) is 2.69. The first kappa shape index (κ1) is 12.8. The van der Waals surface area contributed by atoms with E-state index in [0.717, 1.165) is 11.3 Å². The Hall–Kier alpha value is -1.65. The lowest BCUT2D eigenvalue weighted by atomic mass is 10.2. The number of halogens is 1. The molecule has 2 N–H and O–H groups in total. The summed E-state index contributed by atoms with van der Waals surface area (Å²) in [6, 6.07) is 9.93. The van der Waals surface area contributed by atoms with Crippen LogP contribution in [0.1, 0.15) is 12.7 Å². The molecule has 2 rings (SSSR count). The van der Waals surface area contributed by atoms with E-state index in [9.17, 15) is 4.39 Å². The van der Waals surface area contributed by atoms with E-state index in [1.54, 1.807) is 12.1 Å². The molecule has 0 amide bonds. The Morgan fingerprint density at radius 2 is 1.94 bits per heavy atom. The molecule has 0 aliphatic rings. The van der Waals surface area contributed by atoms with Crippen LogP contribution < -0.4 is 5.32 Å². The zero-order valence-corrected chi connectivity index (χ0v) is 10.2. The van der Waals surface area contributed by atoms with Gasteiger partial charge in [-0.15, -0.1) is 0 Å². The summed E-state index contributed by atoms with van der Waals surface area (Å²) in [6.07, 6.45) is 0. The van der Waals surface area contributed by atoms with Crippen molar-refractivity contribution in [1.82, 2.24) is 5.32 Å². The van der Waals surface area contributed by atoms with Gasteiger partial charge >= 0.3 is 0 Å². The minimum Gasteiger partial charge on any atom is -0.460 e. The van der Waals surface area contributed by atoms with Gasteiger partial charge < -0.3 is 14.8 Å². The third kappa shape index (κ3) is 3.18. The number of furan rings is 1. The summed E-state index contributed by atoms with van der Waals surface area (Å²) in [5.41, 5.74) is 0.845. The topological polar surface area (TPSA) is 45.4 Å². The molecule has 18 heavy (non-hydrogen) atoms. The summed E-state index contributed by atoms with van der Waals surface area (Å²) in [7, 11) is 0. The maximum Gasteiger partial charge on any atom is 0.134 e. The summed E-state index contributed by atoms with van der Waals surface area (Å²) in [5, 5.41) is 12.0. The Morgan fingerprint density at radius 1 is 1.22 bits per heavy atom. The van der Waals surface area contributed by atoms with E-state index in [2.05, 4.69) is 5.32 Å². The maximum absolute atomic E-state index is 12.8. The van der Waals surface area contributed by atoms with Gasteiger partial charge in [0.1, 0.15) is 17.3 Å². The number of rotatable bonds is 5. The first-order chi connectivity index (χ1) is 8.69. The highest BCUT2D eigenvalue weighted by Crippen LogP contribution is 2.22. The van der Waals surface area contributed by atoms with Crippen LogP contribution in [0.4, 0.5) is 4.39 Å². The van der Waals surface area contributed by atoms with Gasteiger partial charge in [-0.1, -0.05) is 0 Å². The first-order valence-corrected chi connectivity index (χ1v) is 5.88. The van der Waals surface area contributed by atoms with Gasteiger partial charge in [0, 0.05) is 11.6 Å². The molecule has 0 radical (unpaired) electrons. The van der Waals surface area contributed by atoms with Gasteiger partial charge in [0.15, 0.2) is 0 Å². The highest BCUT2D eigenvalue weighted by atomic mass is 19.1. The van der Waals surface area contributed by atoms with Crippen molar-refractivity contribution in [3.05, 3.63) is 48.0 Å². The van der Waals surface area contributed by atoms with Crippen LogP contribution in [0.2, 0.25) is 0 Å². The second kappa shape index (κ2) is 5.80. The lowest BCUT2D eigenvalue weighted by molar-refractivity contribution is 0.248. The second-order valence-corrected chi connectivity index (χ2v) is 4.24. The quantitative estimate of drug-likeness (QED) is 0.856.